The second-order valence-electron chi connectivity index (χ2n) is 20.5. The lowest BCUT2D eigenvalue weighted by Gasteiger charge is -2.33. The summed E-state index contributed by atoms with van der Waals surface area (Å²) in [5, 5.41) is 5.20. The van der Waals surface area contributed by atoms with Crippen molar-refractivity contribution in [3.63, 3.8) is 0 Å². The first-order chi connectivity index (χ1) is 37.0. The molecule has 0 spiro atoms. The van der Waals surface area contributed by atoms with E-state index in [1.807, 2.05) is 24.3 Å². The molecule has 2 nitrogen and oxygen atoms in total. The number of anilines is 2. The number of allylic oxidation sites excluding steroid dienone is 4. The zero-order valence-electron chi connectivity index (χ0n) is 45.0. The fourth-order valence-electron chi connectivity index (χ4n) is 11.2. The van der Waals surface area contributed by atoms with Gasteiger partial charge in [-0.25, -0.2) is 0 Å². The van der Waals surface area contributed by atoms with Gasteiger partial charge in [0.05, 0.1) is 11.4 Å². The number of benzene rings is 10. The molecule has 11 aromatic rings. The Balaban J connectivity index is 0.000000171. The predicted octanol–water partition coefficient (Wildman–Crippen LogP) is 20.2. The van der Waals surface area contributed by atoms with Crippen molar-refractivity contribution >= 4 is 61.3 Å². The molecule has 0 saturated heterocycles. The standard InChI is InChI=1S/C44H37N.C16H16.C14H13N/c1-5-6-24-35(32-18-10-7-11-19-32)43(33-20-12-8-13-21-33)45(34-22-14-9-15-23-34)41-30-40-42(37-26-17-16-25-36(37)41)38-28-27-31(2)29-39(38)44(40,3)4;1-4-14-7-5-6-8-16(14)15-10-9-12(2)11-13(15)3;1-10-7-8-14-12(9-10)11-5-3-4-6-13(11)15(14)2/h5-30H,1H2,2-4H3;4-11H,1H2,2-3H3;3-9H,1-2H3/b24-6-,43-35?;;. The van der Waals surface area contributed by atoms with Crippen molar-refractivity contribution in [1.29, 1.82) is 0 Å². The van der Waals surface area contributed by atoms with E-state index >= 15 is 0 Å². The number of aromatic nitrogens is 1. The van der Waals surface area contributed by atoms with Gasteiger partial charge in [0.2, 0.25) is 0 Å². The SMILES string of the molecule is C=C/C=C\C(=C(c1ccccc1)N(c1ccccc1)c1cc2c(c3ccccc13)-c1ccc(C)cc1C2(C)C)c1ccccc1.C=Cc1ccccc1-c1ccc(C)cc1C.Cc1ccc2c(c1)c1ccccc1n2C. The zero-order chi connectivity index (χ0) is 52.9. The molecule has 76 heavy (non-hydrogen) atoms. The molecule has 0 aliphatic heterocycles. The summed E-state index contributed by atoms with van der Waals surface area (Å²) in [6.45, 7) is 21.2. The zero-order valence-corrected chi connectivity index (χ0v) is 45.0. The van der Waals surface area contributed by atoms with Crippen LogP contribution in [-0.2, 0) is 12.5 Å². The van der Waals surface area contributed by atoms with Gasteiger partial charge in [0.15, 0.2) is 0 Å². The second-order valence-corrected chi connectivity index (χ2v) is 20.5. The highest BCUT2D eigenvalue weighted by molar-refractivity contribution is 6.14. The van der Waals surface area contributed by atoms with E-state index in [1.165, 1.54) is 93.8 Å². The van der Waals surface area contributed by atoms with Crippen molar-refractivity contribution in [3.05, 3.63) is 306 Å². The molecular formula is C74H66N2. The van der Waals surface area contributed by atoms with Crippen LogP contribution in [0.3, 0.4) is 0 Å². The van der Waals surface area contributed by atoms with Crippen LogP contribution in [0.1, 0.15) is 63.9 Å². The highest BCUT2D eigenvalue weighted by atomic mass is 15.2. The molecule has 0 bridgehead atoms. The average molecular weight is 983 g/mol. The third-order valence-electron chi connectivity index (χ3n) is 15.0. The minimum atomic E-state index is -0.153. The lowest BCUT2D eigenvalue weighted by atomic mass is 9.81. The quantitative estimate of drug-likeness (QED) is 0.103. The highest BCUT2D eigenvalue weighted by Gasteiger charge is 2.38. The third kappa shape index (κ3) is 9.79. The first-order valence-corrected chi connectivity index (χ1v) is 26.4. The van der Waals surface area contributed by atoms with E-state index in [0.717, 1.165) is 33.8 Å². The molecule has 1 heterocycles. The van der Waals surface area contributed by atoms with Gasteiger partial charge in [-0.15, -0.1) is 0 Å². The lowest BCUT2D eigenvalue weighted by Crippen LogP contribution is -2.20. The lowest BCUT2D eigenvalue weighted by molar-refractivity contribution is 0.660. The Hall–Kier alpha value is -8.98. The maximum Gasteiger partial charge on any atom is 0.0612 e. The summed E-state index contributed by atoms with van der Waals surface area (Å²) in [6.07, 6.45) is 8.00. The maximum absolute atomic E-state index is 4.02. The topological polar surface area (TPSA) is 8.17 Å². The minimum Gasteiger partial charge on any atom is -0.344 e. The second kappa shape index (κ2) is 21.9. The van der Waals surface area contributed by atoms with Crippen molar-refractivity contribution in [3.8, 4) is 22.3 Å². The molecule has 1 aliphatic carbocycles. The van der Waals surface area contributed by atoms with Crippen molar-refractivity contribution in [2.45, 2.75) is 47.0 Å². The Kier molecular flexibility index (Phi) is 14.5. The average Bonchev–Trinajstić information content (AvgIpc) is 3.86. The van der Waals surface area contributed by atoms with Crippen LogP contribution < -0.4 is 4.90 Å². The van der Waals surface area contributed by atoms with Crippen LogP contribution >= 0.6 is 0 Å². The predicted molar refractivity (Wildman–Crippen MR) is 330 cm³/mol. The molecule has 0 atom stereocenters. The van der Waals surface area contributed by atoms with Gasteiger partial charge in [-0.05, 0) is 125 Å². The van der Waals surface area contributed by atoms with E-state index in [0.29, 0.717) is 0 Å². The van der Waals surface area contributed by atoms with Crippen LogP contribution in [0.2, 0.25) is 0 Å². The molecule has 0 amide bonds. The van der Waals surface area contributed by atoms with Gasteiger partial charge in [0, 0.05) is 50.9 Å². The van der Waals surface area contributed by atoms with Crippen LogP contribution in [0.25, 0.3) is 72.2 Å². The van der Waals surface area contributed by atoms with Gasteiger partial charge in [-0.1, -0.05) is 256 Å². The normalized spacial score (nSPS) is 12.5. The third-order valence-corrected chi connectivity index (χ3v) is 15.0. The molecule has 0 saturated carbocycles. The van der Waals surface area contributed by atoms with E-state index in [4.69, 9.17) is 0 Å². The van der Waals surface area contributed by atoms with E-state index in [9.17, 15) is 0 Å². The summed E-state index contributed by atoms with van der Waals surface area (Å²) in [4.78, 5) is 2.47. The van der Waals surface area contributed by atoms with Gasteiger partial charge >= 0.3 is 0 Å². The number of hydrogen-bond donors (Lipinski definition) is 0. The van der Waals surface area contributed by atoms with Crippen LogP contribution in [0.4, 0.5) is 11.4 Å². The Morgan fingerprint density at radius 3 is 1.71 bits per heavy atom. The number of rotatable bonds is 9. The highest BCUT2D eigenvalue weighted by Crippen LogP contribution is 2.55. The van der Waals surface area contributed by atoms with Crippen molar-refractivity contribution in [2.75, 3.05) is 4.90 Å². The van der Waals surface area contributed by atoms with Crippen molar-refractivity contribution in [1.82, 2.24) is 4.57 Å². The summed E-state index contributed by atoms with van der Waals surface area (Å²) in [5.74, 6) is 0. The molecule has 0 unspecified atom stereocenters. The first kappa shape index (κ1) is 50.5. The number of para-hydroxylation sites is 2. The molecule has 2 heteroatoms. The molecule has 1 aliphatic rings. The minimum absolute atomic E-state index is 0.153. The monoisotopic (exact) mass is 983 g/mol. The molecule has 0 radical (unpaired) electrons. The van der Waals surface area contributed by atoms with Crippen LogP contribution in [-0.4, -0.2) is 4.57 Å². The molecule has 1 aromatic heterocycles. The first-order valence-electron chi connectivity index (χ1n) is 26.4. The Morgan fingerprint density at radius 2 is 1.03 bits per heavy atom. The van der Waals surface area contributed by atoms with Crippen molar-refractivity contribution < 1.29 is 0 Å². The molecular weight excluding hydrogens is 917 g/mol. The summed E-state index contributed by atoms with van der Waals surface area (Å²) in [6, 6.07) is 80.7. The summed E-state index contributed by atoms with van der Waals surface area (Å²) in [7, 11) is 2.12. The number of hydrogen-bond acceptors (Lipinski definition) is 1. The number of nitrogens with zero attached hydrogens (tertiary/aromatic N) is 2. The summed E-state index contributed by atoms with van der Waals surface area (Å²) in [5.41, 5.74) is 23.6. The summed E-state index contributed by atoms with van der Waals surface area (Å²) < 4.78 is 2.25. The van der Waals surface area contributed by atoms with E-state index in [1.54, 1.807) is 0 Å². The van der Waals surface area contributed by atoms with Gasteiger partial charge < -0.3 is 9.47 Å². The molecule has 0 fully saturated rings. The van der Waals surface area contributed by atoms with Gasteiger partial charge in [-0.2, -0.15) is 0 Å². The van der Waals surface area contributed by atoms with E-state index in [2.05, 4.69) is 296 Å². The van der Waals surface area contributed by atoms with Crippen LogP contribution in [0.5, 0.6) is 0 Å². The van der Waals surface area contributed by atoms with Gasteiger partial charge in [-0.3, -0.25) is 0 Å². The Labute approximate surface area is 450 Å². The van der Waals surface area contributed by atoms with Gasteiger partial charge in [0.1, 0.15) is 0 Å². The molecule has 372 valence electrons. The van der Waals surface area contributed by atoms with E-state index in [-0.39, 0.29) is 5.41 Å². The Bertz CT molecular complexity index is 3980. The molecule has 12 rings (SSSR count). The fourth-order valence-corrected chi connectivity index (χ4v) is 11.2. The Morgan fingerprint density at radius 1 is 0.474 bits per heavy atom. The van der Waals surface area contributed by atoms with E-state index < -0.39 is 0 Å². The number of aryl methyl sites for hydroxylation is 5. The molecule has 10 aromatic carbocycles. The smallest absolute Gasteiger partial charge is 0.0612 e. The summed E-state index contributed by atoms with van der Waals surface area (Å²) >= 11 is 0. The number of fused-ring (bicyclic) bond motifs is 8. The van der Waals surface area contributed by atoms with Crippen LogP contribution in [0.15, 0.2) is 256 Å². The van der Waals surface area contributed by atoms with Crippen LogP contribution in [0, 0.1) is 27.7 Å². The maximum atomic E-state index is 4.02. The van der Waals surface area contributed by atoms with Crippen molar-refractivity contribution in [2.24, 2.45) is 7.05 Å². The van der Waals surface area contributed by atoms with Gasteiger partial charge in [0.25, 0.3) is 0 Å². The fraction of sp³-hybridized carbons (Fsp3) is 0.108. The largest absolute Gasteiger partial charge is 0.344 e. The molecule has 0 N–H and O–H groups in total.